The van der Waals surface area contributed by atoms with Gasteiger partial charge in [-0.2, -0.15) is 0 Å². The number of nitrogens with zero attached hydrogens (tertiary/aromatic N) is 2. The molecule has 0 aliphatic carbocycles. The van der Waals surface area contributed by atoms with E-state index in [1.807, 2.05) is 12.1 Å². The number of rotatable bonds is 7. The standard InChI is InChI=1S/C23H32N2O/c1-24(2)16-14-22-9-4-5-15-25(22)18-19-7-6-8-21(17-19)20-10-12-23(26-3)13-11-20/h6-8,10-13,17,22H,4-5,9,14-16,18H2,1-3H3/t22-/m0/s1. The Balaban J connectivity index is 1.70. The van der Waals surface area contributed by atoms with E-state index >= 15 is 0 Å². The molecule has 26 heavy (non-hydrogen) atoms. The minimum atomic E-state index is 0.718. The van der Waals surface area contributed by atoms with Gasteiger partial charge in [0.25, 0.3) is 0 Å². The topological polar surface area (TPSA) is 15.7 Å². The summed E-state index contributed by atoms with van der Waals surface area (Å²) < 4.78 is 5.27. The van der Waals surface area contributed by atoms with E-state index in [-0.39, 0.29) is 0 Å². The van der Waals surface area contributed by atoms with Gasteiger partial charge in [0.2, 0.25) is 0 Å². The molecule has 1 fully saturated rings. The Kier molecular flexibility index (Phi) is 6.70. The van der Waals surface area contributed by atoms with E-state index in [2.05, 4.69) is 60.3 Å². The second kappa shape index (κ2) is 9.20. The molecule has 1 aliphatic heterocycles. The molecular formula is C23H32N2O. The average Bonchev–Trinajstić information content (AvgIpc) is 2.67. The molecule has 1 heterocycles. The highest BCUT2D eigenvalue weighted by Gasteiger charge is 2.22. The molecule has 140 valence electrons. The van der Waals surface area contributed by atoms with E-state index in [1.54, 1.807) is 7.11 Å². The van der Waals surface area contributed by atoms with Gasteiger partial charge in [-0.3, -0.25) is 4.90 Å². The van der Waals surface area contributed by atoms with E-state index < -0.39 is 0 Å². The lowest BCUT2D eigenvalue weighted by molar-refractivity contribution is 0.124. The largest absolute Gasteiger partial charge is 0.497 e. The van der Waals surface area contributed by atoms with Crippen molar-refractivity contribution in [2.45, 2.75) is 38.3 Å². The van der Waals surface area contributed by atoms with Crippen LogP contribution < -0.4 is 4.74 Å². The molecule has 1 saturated heterocycles. The zero-order valence-corrected chi connectivity index (χ0v) is 16.4. The van der Waals surface area contributed by atoms with Gasteiger partial charge in [-0.1, -0.05) is 36.8 Å². The van der Waals surface area contributed by atoms with Gasteiger partial charge in [0.05, 0.1) is 7.11 Å². The predicted octanol–water partition coefficient (Wildman–Crippen LogP) is 4.67. The molecule has 2 aromatic carbocycles. The summed E-state index contributed by atoms with van der Waals surface area (Å²) in [5.74, 6) is 0.905. The van der Waals surface area contributed by atoms with Gasteiger partial charge in [0.1, 0.15) is 5.75 Å². The number of methoxy groups -OCH3 is 1. The monoisotopic (exact) mass is 352 g/mol. The van der Waals surface area contributed by atoms with E-state index in [9.17, 15) is 0 Å². The Bertz CT molecular complexity index is 681. The molecule has 0 amide bonds. The highest BCUT2D eigenvalue weighted by molar-refractivity contribution is 5.64. The van der Waals surface area contributed by atoms with Crippen LogP contribution in [-0.4, -0.2) is 50.1 Å². The molecule has 0 radical (unpaired) electrons. The molecule has 0 N–H and O–H groups in total. The molecule has 3 heteroatoms. The number of hydrogen-bond donors (Lipinski definition) is 0. The lowest BCUT2D eigenvalue weighted by Crippen LogP contribution is -2.40. The zero-order chi connectivity index (χ0) is 18.4. The Hall–Kier alpha value is -1.84. The normalized spacial score (nSPS) is 18.2. The maximum Gasteiger partial charge on any atom is 0.118 e. The Morgan fingerprint density at radius 1 is 1.04 bits per heavy atom. The molecule has 2 aromatic rings. The van der Waals surface area contributed by atoms with E-state index in [0.717, 1.165) is 18.3 Å². The average molecular weight is 353 g/mol. The third-order valence-electron chi connectivity index (χ3n) is 5.39. The van der Waals surface area contributed by atoms with Crippen molar-refractivity contribution in [1.29, 1.82) is 0 Å². The van der Waals surface area contributed by atoms with Crippen molar-refractivity contribution in [2.75, 3.05) is 34.3 Å². The Morgan fingerprint density at radius 2 is 1.85 bits per heavy atom. The summed E-state index contributed by atoms with van der Waals surface area (Å²) in [6, 6.07) is 18.1. The van der Waals surface area contributed by atoms with E-state index in [0.29, 0.717) is 0 Å². The summed E-state index contributed by atoms with van der Waals surface area (Å²) in [4.78, 5) is 5.00. The second-order valence-corrected chi connectivity index (χ2v) is 7.64. The van der Waals surface area contributed by atoms with Crippen LogP contribution in [0.1, 0.15) is 31.2 Å². The number of likely N-dealkylation sites (tertiary alicyclic amines) is 1. The molecule has 3 nitrogen and oxygen atoms in total. The maximum absolute atomic E-state index is 5.27. The van der Waals surface area contributed by atoms with Crippen LogP contribution in [0, 0.1) is 0 Å². The molecule has 0 spiro atoms. The first kappa shape index (κ1) is 18.9. The highest BCUT2D eigenvalue weighted by atomic mass is 16.5. The van der Waals surface area contributed by atoms with Gasteiger partial charge in [-0.05, 0) is 81.3 Å². The fourth-order valence-electron chi connectivity index (χ4n) is 3.87. The third kappa shape index (κ3) is 5.09. The summed E-state index contributed by atoms with van der Waals surface area (Å²) in [5, 5.41) is 0. The number of ether oxygens (including phenoxy) is 1. The van der Waals surface area contributed by atoms with Crippen LogP contribution in [0.4, 0.5) is 0 Å². The second-order valence-electron chi connectivity index (χ2n) is 7.64. The van der Waals surface area contributed by atoms with Gasteiger partial charge in [-0.25, -0.2) is 0 Å². The van der Waals surface area contributed by atoms with Gasteiger partial charge in [-0.15, -0.1) is 0 Å². The van der Waals surface area contributed by atoms with Crippen LogP contribution in [-0.2, 0) is 6.54 Å². The van der Waals surface area contributed by atoms with Crippen molar-refractivity contribution in [3.8, 4) is 16.9 Å². The minimum Gasteiger partial charge on any atom is -0.497 e. The van der Waals surface area contributed by atoms with Crippen LogP contribution >= 0.6 is 0 Å². The first-order valence-electron chi connectivity index (χ1n) is 9.78. The number of hydrogen-bond acceptors (Lipinski definition) is 3. The third-order valence-corrected chi connectivity index (χ3v) is 5.39. The fraction of sp³-hybridized carbons (Fsp3) is 0.478. The summed E-state index contributed by atoms with van der Waals surface area (Å²) in [7, 11) is 6.05. The quantitative estimate of drug-likeness (QED) is 0.720. The molecular weight excluding hydrogens is 320 g/mol. The van der Waals surface area contributed by atoms with Crippen LogP contribution in [0.3, 0.4) is 0 Å². The fourth-order valence-corrected chi connectivity index (χ4v) is 3.87. The zero-order valence-electron chi connectivity index (χ0n) is 16.4. The van der Waals surface area contributed by atoms with Gasteiger partial charge >= 0.3 is 0 Å². The summed E-state index contributed by atoms with van der Waals surface area (Å²) in [6.45, 7) is 3.46. The minimum absolute atomic E-state index is 0.718. The lowest BCUT2D eigenvalue weighted by atomic mass is 9.97. The highest BCUT2D eigenvalue weighted by Crippen LogP contribution is 2.26. The summed E-state index contributed by atoms with van der Waals surface area (Å²) in [6.07, 6.45) is 5.31. The molecule has 0 aromatic heterocycles. The van der Waals surface area contributed by atoms with Gasteiger partial charge in [0.15, 0.2) is 0 Å². The maximum atomic E-state index is 5.27. The van der Waals surface area contributed by atoms with Crippen molar-refractivity contribution in [3.63, 3.8) is 0 Å². The van der Waals surface area contributed by atoms with E-state index in [4.69, 9.17) is 4.74 Å². The Morgan fingerprint density at radius 3 is 2.58 bits per heavy atom. The van der Waals surface area contributed by atoms with Gasteiger partial charge in [0, 0.05) is 12.6 Å². The van der Waals surface area contributed by atoms with Crippen LogP contribution in [0.25, 0.3) is 11.1 Å². The van der Waals surface area contributed by atoms with E-state index in [1.165, 1.54) is 55.5 Å². The van der Waals surface area contributed by atoms with Crippen LogP contribution in [0.15, 0.2) is 48.5 Å². The van der Waals surface area contributed by atoms with Crippen molar-refractivity contribution in [3.05, 3.63) is 54.1 Å². The van der Waals surface area contributed by atoms with Crippen molar-refractivity contribution in [1.82, 2.24) is 9.80 Å². The first-order valence-corrected chi connectivity index (χ1v) is 9.78. The van der Waals surface area contributed by atoms with Crippen molar-refractivity contribution >= 4 is 0 Å². The van der Waals surface area contributed by atoms with Gasteiger partial charge < -0.3 is 9.64 Å². The van der Waals surface area contributed by atoms with Crippen LogP contribution in [0.5, 0.6) is 5.75 Å². The molecule has 1 atom stereocenters. The predicted molar refractivity (Wildman–Crippen MR) is 110 cm³/mol. The SMILES string of the molecule is COc1ccc(-c2cccc(CN3CCCC[C@H]3CCN(C)C)c2)cc1. The molecule has 0 bridgehead atoms. The van der Waals surface area contributed by atoms with Crippen molar-refractivity contribution in [2.24, 2.45) is 0 Å². The molecule has 0 unspecified atom stereocenters. The number of benzene rings is 2. The Labute approximate surface area is 158 Å². The van der Waals surface area contributed by atoms with Crippen LogP contribution in [0.2, 0.25) is 0 Å². The summed E-state index contributed by atoms with van der Waals surface area (Å²) >= 11 is 0. The molecule has 1 aliphatic rings. The van der Waals surface area contributed by atoms with Crippen molar-refractivity contribution < 1.29 is 4.74 Å². The summed E-state index contributed by atoms with van der Waals surface area (Å²) in [5.41, 5.74) is 3.94. The lowest BCUT2D eigenvalue weighted by Gasteiger charge is -2.36. The number of piperidine rings is 1. The smallest absolute Gasteiger partial charge is 0.118 e. The first-order chi connectivity index (χ1) is 12.7. The molecule has 3 rings (SSSR count). The molecule has 0 saturated carbocycles.